The second-order valence-corrected chi connectivity index (χ2v) is 4.23. The second kappa shape index (κ2) is 5.14. The fraction of sp³-hybridized carbons (Fsp3) is 0. The fourth-order valence-corrected chi connectivity index (χ4v) is 1.94. The van der Waals surface area contributed by atoms with Crippen LogP contribution in [0.4, 0.5) is 10.1 Å². The maximum Gasteiger partial charge on any atom is 0.157 e. The highest BCUT2D eigenvalue weighted by atomic mass is 19.1. The Labute approximate surface area is 114 Å². The minimum atomic E-state index is -0.381. The summed E-state index contributed by atoms with van der Waals surface area (Å²) in [5.74, 6) is -0.146. The molecule has 2 aromatic carbocycles. The molecule has 1 aromatic heterocycles. The first-order valence-electron chi connectivity index (χ1n) is 5.98. The van der Waals surface area contributed by atoms with Crippen LogP contribution in [-0.2, 0) is 0 Å². The average molecular weight is 270 g/mol. The van der Waals surface area contributed by atoms with Crippen molar-refractivity contribution in [1.82, 2.24) is 5.48 Å². The highest BCUT2D eigenvalue weighted by Crippen LogP contribution is 2.19. The van der Waals surface area contributed by atoms with Crippen molar-refractivity contribution in [2.45, 2.75) is 0 Å². The average Bonchev–Trinajstić information content (AvgIpc) is 2.92. The van der Waals surface area contributed by atoms with Crippen molar-refractivity contribution in [3.8, 4) is 0 Å². The molecule has 5 heteroatoms. The molecule has 0 spiro atoms. The first kappa shape index (κ1) is 12.4. The molecule has 3 aromatic rings. The van der Waals surface area contributed by atoms with E-state index in [1.165, 1.54) is 12.1 Å². The summed E-state index contributed by atoms with van der Waals surface area (Å²) < 4.78 is 18.4. The molecule has 20 heavy (non-hydrogen) atoms. The number of nitrogens with one attached hydrogen (secondary N) is 1. The van der Waals surface area contributed by atoms with Gasteiger partial charge in [-0.15, -0.1) is 0 Å². The van der Waals surface area contributed by atoms with E-state index in [1.807, 2.05) is 17.6 Å². The predicted molar refractivity (Wildman–Crippen MR) is 73.7 cm³/mol. The molecule has 0 aliphatic rings. The van der Waals surface area contributed by atoms with Gasteiger partial charge >= 0.3 is 0 Å². The molecule has 100 valence electrons. The molecule has 2 N–H and O–H groups in total. The summed E-state index contributed by atoms with van der Waals surface area (Å²) >= 11 is 0. The Morgan fingerprint density at radius 3 is 2.85 bits per heavy atom. The van der Waals surface area contributed by atoms with Crippen LogP contribution in [0.5, 0.6) is 0 Å². The summed E-state index contributed by atoms with van der Waals surface area (Å²) in [7, 11) is 0. The van der Waals surface area contributed by atoms with Crippen LogP contribution in [0.1, 0.15) is 5.56 Å². The third kappa shape index (κ3) is 2.39. The van der Waals surface area contributed by atoms with Crippen molar-refractivity contribution in [2.75, 3.05) is 0 Å². The molecule has 0 bridgehead atoms. The summed E-state index contributed by atoms with van der Waals surface area (Å²) in [6.07, 6.45) is 1.59. The highest BCUT2D eigenvalue weighted by molar-refractivity contribution is 6.02. The molecule has 0 fully saturated rings. The van der Waals surface area contributed by atoms with Crippen LogP contribution in [0.3, 0.4) is 0 Å². The standard InChI is InChI=1S/C15H11FN2O2/c16-12-2-1-3-13(9-12)17-15(18-19)11-4-5-14-10(8-11)6-7-20-14/h1-9,19H,(H,17,18). The largest absolute Gasteiger partial charge is 0.464 e. The molecule has 0 saturated heterocycles. The monoisotopic (exact) mass is 270 g/mol. The number of hydrogen-bond acceptors (Lipinski definition) is 3. The molecule has 0 atom stereocenters. The van der Waals surface area contributed by atoms with Gasteiger partial charge in [0.1, 0.15) is 11.4 Å². The van der Waals surface area contributed by atoms with E-state index in [9.17, 15) is 9.60 Å². The molecule has 0 unspecified atom stereocenters. The van der Waals surface area contributed by atoms with E-state index in [-0.39, 0.29) is 11.7 Å². The first-order chi connectivity index (χ1) is 9.76. The van der Waals surface area contributed by atoms with Crippen LogP contribution in [-0.4, -0.2) is 11.0 Å². The van der Waals surface area contributed by atoms with Gasteiger partial charge in [0, 0.05) is 10.9 Å². The van der Waals surface area contributed by atoms with Crippen molar-refractivity contribution in [1.29, 1.82) is 0 Å². The van der Waals surface area contributed by atoms with Gasteiger partial charge < -0.3 is 4.42 Å². The number of nitrogens with zero attached hydrogens (tertiary/aromatic N) is 1. The summed E-state index contributed by atoms with van der Waals surface area (Å²) in [4.78, 5) is 4.18. The van der Waals surface area contributed by atoms with E-state index < -0.39 is 0 Å². The Balaban J connectivity index is 2.04. The zero-order chi connectivity index (χ0) is 13.9. The number of furan rings is 1. The quantitative estimate of drug-likeness (QED) is 0.424. The number of halogens is 1. The molecule has 0 aliphatic carbocycles. The third-order valence-electron chi connectivity index (χ3n) is 2.88. The van der Waals surface area contributed by atoms with Crippen LogP contribution in [0.2, 0.25) is 0 Å². The number of aliphatic imine (C=N–C) groups is 1. The molecular weight excluding hydrogens is 259 g/mol. The summed E-state index contributed by atoms with van der Waals surface area (Å²) in [6, 6.07) is 13.0. The molecule has 0 aliphatic heterocycles. The van der Waals surface area contributed by atoms with E-state index >= 15 is 0 Å². The summed E-state index contributed by atoms with van der Waals surface area (Å²) in [5, 5.41) is 10.1. The van der Waals surface area contributed by atoms with E-state index in [2.05, 4.69) is 4.99 Å². The van der Waals surface area contributed by atoms with Crippen molar-refractivity contribution in [3.05, 3.63) is 66.2 Å². The molecule has 0 amide bonds. The maximum atomic E-state index is 13.1. The molecule has 0 saturated carbocycles. The van der Waals surface area contributed by atoms with E-state index in [4.69, 9.17) is 4.42 Å². The SMILES string of the molecule is ONC(=Nc1cccc(F)c1)c1ccc2occc2c1. The van der Waals surface area contributed by atoms with Gasteiger partial charge in [0.2, 0.25) is 0 Å². The van der Waals surface area contributed by atoms with Gasteiger partial charge in [-0.1, -0.05) is 6.07 Å². The lowest BCUT2D eigenvalue weighted by Gasteiger charge is -2.05. The smallest absolute Gasteiger partial charge is 0.157 e. The van der Waals surface area contributed by atoms with Crippen molar-refractivity contribution >= 4 is 22.5 Å². The third-order valence-corrected chi connectivity index (χ3v) is 2.88. The minimum absolute atomic E-state index is 0.235. The predicted octanol–water partition coefficient (Wildman–Crippen LogP) is 3.63. The molecule has 0 radical (unpaired) electrons. The van der Waals surface area contributed by atoms with Gasteiger partial charge in [-0.25, -0.2) is 9.38 Å². The highest BCUT2D eigenvalue weighted by Gasteiger charge is 2.06. The normalized spacial score (nSPS) is 11.8. The lowest BCUT2D eigenvalue weighted by Crippen LogP contribution is -2.19. The Bertz CT molecular complexity index is 780. The molecule has 3 rings (SSSR count). The van der Waals surface area contributed by atoms with E-state index in [1.54, 1.807) is 30.5 Å². The van der Waals surface area contributed by atoms with Crippen LogP contribution in [0, 0.1) is 5.82 Å². The van der Waals surface area contributed by atoms with Crippen LogP contribution < -0.4 is 5.48 Å². The van der Waals surface area contributed by atoms with Gasteiger partial charge in [-0.2, -0.15) is 0 Å². The number of rotatable bonds is 2. The number of hydroxylamine groups is 1. The minimum Gasteiger partial charge on any atom is -0.464 e. The summed E-state index contributed by atoms with van der Waals surface area (Å²) in [5.41, 5.74) is 3.87. The molecular formula is C15H11FN2O2. The molecule has 1 heterocycles. The van der Waals surface area contributed by atoms with Gasteiger partial charge in [-0.05, 0) is 42.5 Å². The topological polar surface area (TPSA) is 57.8 Å². The number of benzene rings is 2. The second-order valence-electron chi connectivity index (χ2n) is 4.23. The van der Waals surface area contributed by atoms with Crippen LogP contribution in [0.15, 0.2) is 64.2 Å². The lowest BCUT2D eigenvalue weighted by atomic mass is 10.1. The van der Waals surface area contributed by atoms with Gasteiger partial charge in [-0.3, -0.25) is 10.7 Å². The van der Waals surface area contributed by atoms with Crippen molar-refractivity contribution in [2.24, 2.45) is 4.99 Å². The number of hydrogen-bond donors (Lipinski definition) is 2. The Hall–Kier alpha value is -2.66. The molecule has 4 nitrogen and oxygen atoms in total. The number of fused-ring (bicyclic) bond motifs is 1. The maximum absolute atomic E-state index is 13.1. The lowest BCUT2D eigenvalue weighted by molar-refractivity contribution is 0.235. The van der Waals surface area contributed by atoms with Gasteiger partial charge in [0.25, 0.3) is 0 Å². The van der Waals surface area contributed by atoms with E-state index in [0.29, 0.717) is 11.3 Å². The fourth-order valence-electron chi connectivity index (χ4n) is 1.94. The Morgan fingerprint density at radius 2 is 2.05 bits per heavy atom. The van der Waals surface area contributed by atoms with Gasteiger partial charge in [0.15, 0.2) is 5.84 Å². The number of amidine groups is 1. The van der Waals surface area contributed by atoms with E-state index in [0.717, 1.165) is 11.0 Å². The first-order valence-corrected chi connectivity index (χ1v) is 5.98. The summed E-state index contributed by atoms with van der Waals surface area (Å²) in [6.45, 7) is 0. The zero-order valence-electron chi connectivity index (χ0n) is 10.4. The van der Waals surface area contributed by atoms with Crippen LogP contribution in [0.25, 0.3) is 11.0 Å². The van der Waals surface area contributed by atoms with Crippen molar-refractivity contribution in [3.63, 3.8) is 0 Å². The zero-order valence-corrected chi connectivity index (χ0v) is 10.4. The van der Waals surface area contributed by atoms with Crippen LogP contribution >= 0.6 is 0 Å². The Kier molecular flexibility index (Phi) is 3.18. The Morgan fingerprint density at radius 1 is 1.15 bits per heavy atom. The van der Waals surface area contributed by atoms with Gasteiger partial charge in [0.05, 0.1) is 12.0 Å². The van der Waals surface area contributed by atoms with Crippen molar-refractivity contribution < 1.29 is 14.0 Å².